The number of aliphatic hydroxyl groups is 1. The number of hydrogen-bond acceptors (Lipinski definition) is 3. The van der Waals surface area contributed by atoms with Gasteiger partial charge in [-0.25, -0.2) is 4.79 Å². The molecule has 0 radical (unpaired) electrons. The van der Waals surface area contributed by atoms with E-state index >= 15 is 0 Å². The van der Waals surface area contributed by atoms with E-state index in [1.54, 1.807) is 10.9 Å². The summed E-state index contributed by atoms with van der Waals surface area (Å²) in [6.07, 6.45) is 3.19. The van der Waals surface area contributed by atoms with E-state index in [0.717, 1.165) is 15.7 Å². The normalized spacial score (nSPS) is 10.3. The summed E-state index contributed by atoms with van der Waals surface area (Å²) in [5, 5.41) is 18.3. The van der Waals surface area contributed by atoms with Gasteiger partial charge in [-0.15, -0.1) is 0 Å². The van der Waals surface area contributed by atoms with Crippen molar-refractivity contribution < 1.29 is 9.90 Å². The Kier molecular flexibility index (Phi) is 4.75. The van der Waals surface area contributed by atoms with Crippen LogP contribution >= 0.6 is 15.9 Å². The summed E-state index contributed by atoms with van der Waals surface area (Å²) in [7, 11) is 0. The van der Waals surface area contributed by atoms with Crippen LogP contribution < -0.4 is 10.6 Å². The summed E-state index contributed by atoms with van der Waals surface area (Å²) in [6.45, 7) is 2.32. The Bertz CT molecular complexity index is 612. The fourth-order valence-corrected chi connectivity index (χ4v) is 2.03. The first-order chi connectivity index (χ1) is 9.58. The molecule has 2 rings (SSSR count). The molecular formula is C13H15BrN4O2. The number of aliphatic hydroxyl groups excluding tert-OH is 1. The number of urea groups is 1. The summed E-state index contributed by atoms with van der Waals surface area (Å²) < 4.78 is 2.45. The molecule has 0 aliphatic rings. The molecule has 0 spiro atoms. The second-order valence-corrected chi connectivity index (χ2v) is 5.17. The minimum Gasteiger partial charge on any atom is -0.394 e. The van der Waals surface area contributed by atoms with Crippen molar-refractivity contribution in [3.63, 3.8) is 0 Å². The highest BCUT2D eigenvalue weighted by Gasteiger charge is 2.07. The zero-order chi connectivity index (χ0) is 14.5. The lowest BCUT2D eigenvalue weighted by Gasteiger charge is -2.09. The summed E-state index contributed by atoms with van der Waals surface area (Å²) in [5.74, 6) is 0. The summed E-state index contributed by atoms with van der Waals surface area (Å²) >= 11 is 3.36. The standard InChI is InChI=1S/C13H15BrN4O2/c1-9-2-3-10(14)6-12(9)17-13(20)16-11-7-15-18(8-11)4-5-19/h2-3,6-8,19H,4-5H2,1H3,(H2,16,17,20). The van der Waals surface area contributed by atoms with E-state index in [9.17, 15) is 4.79 Å². The van der Waals surface area contributed by atoms with Crippen LogP contribution in [0.3, 0.4) is 0 Å². The van der Waals surface area contributed by atoms with Crippen LogP contribution in [0.15, 0.2) is 35.1 Å². The van der Waals surface area contributed by atoms with Crippen molar-refractivity contribution in [1.29, 1.82) is 0 Å². The van der Waals surface area contributed by atoms with Gasteiger partial charge in [0.2, 0.25) is 0 Å². The Morgan fingerprint density at radius 2 is 2.25 bits per heavy atom. The first-order valence-corrected chi connectivity index (χ1v) is 6.85. The molecule has 0 bridgehead atoms. The predicted molar refractivity (Wildman–Crippen MR) is 80.8 cm³/mol. The van der Waals surface area contributed by atoms with Gasteiger partial charge in [-0.2, -0.15) is 5.10 Å². The van der Waals surface area contributed by atoms with Crippen LogP contribution in [0.2, 0.25) is 0 Å². The highest BCUT2D eigenvalue weighted by molar-refractivity contribution is 9.10. The first-order valence-electron chi connectivity index (χ1n) is 6.06. The van der Waals surface area contributed by atoms with Crippen LogP contribution in [0.4, 0.5) is 16.2 Å². The van der Waals surface area contributed by atoms with Crippen molar-refractivity contribution in [3.8, 4) is 0 Å². The number of nitrogens with zero attached hydrogens (tertiary/aromatic N) is 2. The summed E-state index contributed by atoms with van der Waals surface area (Å²) in [5.41, 5.74) is 2.28. The van der Waals surface area contributed by atoms with Gasteiger partial charge in [0.25, 0.3) is 0 Å². The van der Waals surface area contributed by atoms with Crippen LogP contribution in [0, 0.1) is 6.92 Å². The monoisotopic (exact) mass is 338 g/mol. The molecule has 0 fully saturated rings. The maximum absolute atomic E-state index is 11.9. The van der Waals surface area contributed by atoms with E-state index in [1.165, 1.54) is 6.20 Å². The quantitative estimate of drug-likeness (QED) is 0.801. The zero-order valence-corrected chi connectivity index (χ0v) is 12.5. The van der Waals surface area contributed by atoms with E-state index in [4.69, 9.17) is 5.11 Å². The topological polar surface area (TPSA) is 79.2 Å². The third kappa shape index (κ3) is 3.82. The number of aromatic nitrogens is 2. The van der Waals surface area contributed by atoms with Crippen LogP contribution in [0.25, 0.3) is 0 Å². The van der Waals surface area contributed by atoms with Gasteiger partial charge in [-0.05, 0) is 24.6 Å². The van der Waals surface area contributed by atoms with E-state index in [-0.39, 0.29) is 12.6 Å². The molecule has 7 heteroatoms. The third-order valence-corrected chi connectivity index (χ3v) is 3.16. The minimum atomic E-state index is -0.338. The largest absolute Gasteiger partial charge is 0.394 e. The lowest BCUT2D eigenvalue weighted by molar-refractivity contribution is 0.262. The van der Waals surface area contributed by atoms with Gasteiger partial charge in [0, 0.05) is 16.4 Å². The molecule has 0 saturated carbocycles. The fourth-order valence-electron chi connectivity index (χ4n) is 1.67. The van der Waals surface area contributed by atoms with Crippen molar-refractivity contribution in [2.45, 2.75) is 13.5 Å². The van der Waals surface area contributed by atoms with Crippen molar-refractivity contribution in [2.24, 2.45) is 0 Å². The molecule has 3 N–H and O–H groups in total. The first kappa shape index (κ1) is 14.5. The molecule has 0 aliphatic carbocycles. The number of nitrogens with one attached hydrogen (secondary N) is 2. The number of amides is 2. The number of hydrogen-bond donors (Lipinski definition) is 3. The third-order valence-electron chi connectivity index (χ3n) is 2.67. The summed E-state index contributed by atoms with van der Waals surface area (Å²) in [6, 6.07) is 5.33. The molecule has 0 aliphatic heterocycles. The molecule has 106 valence electrons. The maximum atomic E-state index is 11.9. The molecule has 1 heterocycles. The SMILES string of the molecule is Cc1ccc(Br)cc1NC(=O)Nc1cnn(CCO)c1. The van der Waals surface area contributed by atoms with Crippen LogP contribution in [0.5, 0.6) is 0 Å². The Balaban J connectivity index is 1.99. The molecular weight excluding hydrogens is 324 g/mol. The molecule has 1 aromatic heterocycles. The predicted octanol–water partition coefficient (Wildman–Crippen LogP) is 2.59. The number of benzene rings is 1. The number of aryl methyl sites for hydroxylation is 1. The van der Waals surface area contributed by atoms with Gasteiger partial charge in [0.05, 0.1) is 25.0 Å². The van der Waals surface area contributed by atoms with Gasteiger partial charge in [0.1, 0.15) is 0 Å². The number of carbonyl (C=O) groups is 1. The van der Waals surface area contributed by atoms with Gasteiger partial charge >= 0.3 is 6.03 Å². The van der Waals surface area contributed by atoms with E-state index in [2.05, 4.69) is 31.7 Å². The molecule has 1 aromatic carbocycles. The zero-order valence-electron chi connectivity index (χ0n) is 10.9. The molecule has 20 heavy (non-hydrogen) atoms. The second-order valence-electron chi connectivity index (χ2n) is 4.25. The van der Waals surface area contributed by atoms with Gasteiger partial charge in [-0.3, -0.25) is 4.68 Å². The number of anilines is 2. The maximum Gasteiger partial charge on any atom is 0.323 e. The molecule has 0 saturated heterocycles. The fraction of sp³-hybridized carbons (Fsp3) is 0.231. The lowest BCUT2D eigenvalue weighted by Crippen LogP contribution is -2.19. The average Bonchev–Trinajstić information content (AvgIpc) is 2.81. The average molecular weight is 339 g/mol. The Labute approximate surface area is 124 Å². The number of halogens is 1. The van der Waals surface area contributed by atoms with E-state index in [1.807, 2.05) is 25.1 Å². The van der Waals surface area contributed by atoms with Crippen LogP contribution in [-0.2, 0) is 6.54 Å². The van der Waals surface area contributed by atoms with Crippen LogP contribution in [-0.4, -0.2) is 27.5 Å². The van der Waals surface area contributed by atoms with E-state index in [0.29, 0.717) is 12.2 Å². The van der Waals surface area contributed by atoms with Crippen molar-refractivity contribution >= 4 is 33.3 Å². The van der Waals surface area contributed by atoms with E-state index < -0.39 is 0 Å². The highest BCUT2D eigenvalue weighted by Crippen LogP contribution is 2.20. The number of rotatable bonds is 4. The van der Waals surface area contributed by atoms with Crippen molar-refractivity contribution in [2.75, 3.05) is 17.2 Å². The minimum absolute atomic E-state index is 0.00452. The van der Waals surface area contributed by atoms with Crippen molar-refractivity contribution in [1.82, 2.24) is 9.78 Å². The highest BCUT2D eigenvalue weighted by atomic mass is 79.9. The Morgan fingerprint density at radius 3 is 3.00 bits per heavy atom. The Hall–Kier alpha value is -1.86. The van der Waals surface area contributed by atoms with Gasteiger partial charge in [-0.1, -0.05) is 22.0 Å². The van der Waals surface area contributed by atoms with Crippen molar-refractivity contribution in [3.05, 3.63) is 40.6 Å². The molecule has 6 nitrogen and oxygen atoms in total. The van der Waals surface area contributed by atoms with Gasteiger partial charge < -0.3 is 15.7 Å². The molecule has 0 unspecified atom stereocenters. The lowest BCUT2D eigenvalue weighted by atomic mass is 10.2. The number of carbonyl (C=O) groups excluding carboxylic acids is 1. The smallest absolute Gasteiger partial charge is 0.323 e. The Morgan fingerprint density at radius 1 is 1.45 bits per heavy atom. The molecule has 2 aromatic rings. The molecule has 2 amide bonds. The second kappa shape index (κ2) is 6.53. The molecule has 0 atom stereocenters. The van der Waals surface area contributed by atoms with Crippen LogP contribution in [0.1, 0.15) is 5.56 Å². The summed E-state index contributed by atoms with van der Waals surface area (Å²) in [4.78, 5) is 11.9. The van der Waals surface area contributed by atoms with Gasteiger partial charge in [0.15, 0.2) is 0 Å².